The van der Waals surface area contributed by atoms with E-state index in [-0.39, 0.29) is 6.04 Å². The highest BCUT2D eigenvalue weighted by Crippen LogP contribution is 2.20. The molecule has 0 saturated heterocycles. The second-order valence-corrected chi connectivity index (χ2v) is 3.51. The molecule has 0 bridgehead atoms. The molecule has 0 spiro atoms. The highest BCUT2D eigenvalue weighted by Gasteiger charge is 2.11. The first-order valence-electron chi connectivity index (χ1n) is 5.31. The van der Waals surface area contributed by atoms with Crippen LogP contribution < -0.4 is 14.8 Å². The number of methoxy groups -OCH3 is 2. The maximum atomic E-state index is 5.06. The molecule has 0 aliphatic rings. The van der Waals surface area contributed by atoms with Crippen LogP contribution in [0.3, 0.4) is 0 Å². The first kappa shape index (κ1) is 12.1. The molecule has 2 rings (SSSR count). The van der Waals surface area contributed by atoms with E-state index in [1.54, 1.807) is 6.07 Å². The van der Waals surface area contributed by atoms with Crippen LogP contribution in [0, 0.1) is 0 Å². The molecule has 0 saturated carbocycles. The molecule has 0 amide bonds. The fourth-order valence-electron chi connectivity index (χ4n) is 1.36. The largest absolute Gasteiger partial charge is 0.481 e. The van der Waals surface area contributed by atoms with Crippen LogP contribution in [0.25, 0.3) is 0 Å². The molecule has 0 aliphatic carbocycles. The quantitative estimate of drug-likeness (QED) is 0.809. The van der Waals surface area contributed by atoms with Crippen LogP contribution >= 0.6 is 0 Å². The monoisotopic (exact) mass is 250 g/mol. The lowest BCUT2D eigenvalue weighted by Crippen LogP contribution is -2.11. The summed E-state index contributed by atoms with van der Waals surface area (Å²) in [6, 6.07) is 1.49. The van der Waals surface area contributed by atoms with Crippen molar-refractivity contribution in [2.45, 2.75) is 13.0 Å². The summed E-state index contributed by atoms with van der Waals surface area (Å²) in [5, 5.41) is 9.64. The fraction of sp³-hybridized carbons (Fsp3) is 0.400. The minimum Gasteiger partial charge on any atom is -0.481 e. The van der Waals surface area contributed by atoms with Gasteiger partial charge in [-0.15, -0.1) is 0 Å². The van der Waals surface area contributed by atoms with Gasteiger partial charge in [-0.2, -0.15) is 15.1 Å². The summed E-state index contributed by atoms with van der Waals surface area (Å²) in [5.41, 5.74) is 0. The number of nitrogens with zero attached hydrogens (tertiary/aromatic N) is 4. The second-order valence-electron chi connectivity index (χ2n) is 3.51. The van der Waals surface area contributed by atoms with Crippen molar-refractivity contribution in [1.82, 2.24) is 25.1 Å². The van der Waals surface area contributed by atoms with Gasteiger partial charge in [-0.1, -0.05) is 0 Å². The molecule has 2 heterocycles. The van der Waals surface area contributed by atoms with Crippen LogP contribution in [0.5, 0.6) is 11.8 Å². The molecule has 1 atom stereocenters. The molecular formula is C10H14N6O2. The molecule has 2 N–H and O–H groups in total. The van der Waals surface area contributed by atoms with Gasteiger partial charge >= 0.3 is 0 Å². The average Bonchev–Trinajstić information content (AvgIpc) is 2.92. The number of anilines is 1. The SMILES string of the molecule is COc1cc(OC)nc(NC(C)c2ncn[nH]2)n1. The molecule has 18 heavy (non-hydrogen) atoms. The van der Waals surface area contributed by atoms with Crippen molar-refractivity contribution >= 4 is 5.95 Å². The van der Waals surface area contributed by atoms with Gasteiger partial charge in [-0.3, -0.25) is 5.10 Å². The van der Waals surface area contributed by atoms with Crippen LogP contribution in [-0.4, -0.2) is 39.4 Å². The predicted octanol–water partition coefficient (Wildman–Crippen LogP) is 0.785. The van der Waals surface area contributed by atoms with Crippen LogP contribution in [0.4, 0.5) is 5.95 Å². The fourth-order valence-corrected chi connectivity index (χ4v) is 1.36. The summed E-state index contributed by atoms with van der Waals surface area (Å²) >= 11 is 0. The summed E-state index contributed by atoms with van der Waals surface area (Å²) in [6.07, 6.45) is 1.44. The topological polar surface area (TPSA) is 97.8 Å². The number of nitrogens with one attached hydrogen (secondary N) is 2. The molecular weight excluding hydrogens is 236 g/mol. The molecule has 8 heteroatoms. The van der Waals surface area contributed by atoms with E-state index < -0.39 is 0 Å². The van der Waals surface area contributed by atoms with Gasteiger partial charge in [-0.05, 0) is 6.92 Å². The zero-order valence-electron chi connectivity index (χ0n) is 10.3. The van der Waals surface area contributed by atoms with Crippen LogP contribution in [0.1, 0.15) is 18.8 Å². The molecule has 1 unspecified atom stereocenters. The first-order valence-corrected chi connectivity index (χ1v) is 5.31. The Morgan fingerprint density at radius 1 is 1.22 bits per heavy atom. The Morgan fingerprint density at radius 2 is 1.89 bits per heavy atom. The minimum absolute atomic E-state index is 0.107. The molecule has 2 aromatic rings. The van der Waals surface area contributed by atoms with Gasteiger partial charge in [0.15, 0.2) is 0 Å². The zero-order chi connectivity index (χ0) is 13.0. The van der Waals surface area contributed by atoms with Gasteiger partial charge in [0.05, 0.1) is 26.3 Å². The van der Waals surface area contributed by atoms with Gasteiger partial charge < -0.3 is 14.8 Å². The number of H-pyrrole nitrogens is 1. The highest BCUT2D eigenvalue weighted by molar-refractivity contribution is 5.35. The maximum absolute atomic E-state index is 5.06. The van der Waals surface area contributed by atoms with Crippen LogP contribution in [-0.2, 0) is 0 Å². The van der Waals surface area contributed by atoms with Gasteiger partial charge in [0.2, 0.25) is 17.7 Å². The van der Waals surface area contributed by atoms with Gasteiger partial charge in [-0.25, -0.2) is 4.98 Å². The summed E-state index contributed by atoms with van der Waals surface area (Å²) < 4.78 is 10.1. The Kier molecular flexibility index (Phi) is 3.56. The Bertz CT molecular complexity index is 479. The van der Waals surface area contributed by atoms with Crippen molar-refractivity contribution in [2.75, 3.05) is 19.5 Å². The minimum atomic E-state index is -0.107. The molecule has 2 aromatic heterocycles. The molecule has 0 aliphatic heterocycles. The summed E-state index contributed by atoms with van der Waals surface area (Å²) in [6.45, 7) is 1.91. The third kappa shape index (κ3) is 2.65. The van der Waals surface area contributed by atoms with E-state index in [0.29, 0.717) is 23.5 Å². The summed E-state index contributed by atoms with van der Waals surface area (Å²) in [5.74, 6) is 1.94. The molecule has 96 valence electrons. The lowest BCUT2D eigenvalue weighted by molar-refractivity contribution is 0.372. The van der Waals surface area contributed by atoms with Crippen molar-refractivity contribution < 1.29 is 9.47 Å². The van der Waals surface area contributed by atoms with Crippen molar-refractivity contribution in [1.29, 1.82) is 0 Å². The van der Waals surface area contributed by atoms with E-state index in [1.165, 1.54) is 20.5 Å². The standard InChI is InChI=1S/C10H14N6O2/c1-6(9-11-5-12-16-9)13-10-14-7(17-2)4-8(15-10)18-3/h4-6H,1-3H3,(H,11,12,16)(H,13,14,15). The smallest absolute Gasteiger partial charge is 0.229 e. The molecule has 0 fully saturated rings. The normalized spacial score (nSPS) is 11.9. The Hall–Kier alpha value is -2.38. The van der Waals surface area contributed by atoms with E-state index in [2.05, 4.69) is 30.5 Å². The maximum Gasteiger partial charge on any atom is 0.229 e. The van der Waals surface area contributed by atoms with Gasteiger partial charge in [0, 0.05) is 0 Å². The average molecular weight is 250 g/mol. The Labute approximate surface area is 104 Å². The third-order valence-electron chi connectivity index (χ3n) is 2.29. The van der Waals surface area contributed by atoms with Gasteiger partial charge in [0.1, 0.15) is 12.2 Å². The van der Waals surface area contributed by atoms with E-state index in [9.17, 15) is 0 Å². The number of hydrogen-bond acceptors (Lipinski definition) is 7. The van der Waals surface area contributed by atoms with E-state index in [1.807, 2.05) is 6.92 Å². The number of aromatic nitrogens is 5. The zero-order valence-corrected chi connectivity index (χ0v) is 10.3. The lowest BCUT2D eigenvalue weighted by Gasteiger charge is -2.12. The van der Waals surface area contributed by atoms with Gasteiger partial charge in [0.25, 0.3) is 0 Å². The van der Waals surface area contributed by atoms with Crippen molar-refractivity contribution in [3.05, 3.63) is 18.2 Å². The van der Waals surface area contributed by atoms with Crippen molar-refractivity contribution in [2.24, 2.45) is 0 Å². The van der Waals surface area contributed by atoms with E-state index in [4.69, 9.17) is 9.47 Å². The number of rotatable bonds is 5. The molecule has 0 aromatic carbocycles. The summed E-state index contributed by atoms with van der Waals surface area (Å²) in [4.78, 5) is 12.4. The number of aromatic amines is 1. The lowest BCUT2D eigenvalue weighted by atomic mass is 10.3. The number of hydrogen-bond donors (Lipinski definition) is 2. The Morgan fingerprint density at radius 3 is 2.39 bits per heavy atom. The van der Waals surface area contributed by atoms with Crippen LogP contribution in [0.15, 0.2) is 12.4 Å². The second kappa shape index (κ2) is 5.30. The highest BCUT2D eigenvalue weighted by atomic mass is 16.5. The van der Waals surface area contributed by atoms with E-state index in [0.717, 1.165) is 0 Å². The van der Waals surface area contributed by atoms with Crippen molar-refractivity contribution in [3.63, 3.8) is 0 Å². The molecule has 8 nitrogen and oxygen atoms in total. The van der Waals surface area contributed by atoms with E-state index >= 15 is 0 Å². The molecule has 0 radical (unpaired) electrons. The summed E-state index contributed by atoms with van der Waals surface area (Å²) in [7, 11) is 3.07. The third-order valence-corrected chi connectivity index (χ3v) is 2.29. The van der Waals surface area contributed by atoms with Crippen molar-refractivity contribution in [3.8, 4) is 11.8 Å². The predicted molar refractivity (Wildman–Crippen MR) is 63.6 cm³/mol. The first-order chi connectivity index (χ1) is 8.72. The number of ether oxygens (including phenoxy) is 2. The Balaban J connectivity index is 2.17. The van der Waals surface area contributed by atoms with Crippen LogP contribution in [0.2, 0.25) is 0 Å².